The summed E-state index contributed by atoms with van der Waals surface area (Å²) in [5.74, 6) is 0. The zero-order chi connectivity index (χ0) is 25.2. The Bertz CT molecular complexity index is 626. The molecule has 14 atom stereocenters. The summed E-state index contributed by atoms with van der Waals surface area (Å²) in [5.41, 5.74) is 0. The van der Waals surface area contributed by atoms with E-state index in [9.17, 15) is 35.7 Å². The first-order valence-electron chi connectivity index (χ1n) is 11.1. The Hall–Kier alpha value is -0.560. The fourth-order valence-corrected chi connectivity index (χ4v) is 4.42. The average Bonchev–Trinajstić information content (AvgIpc) is 2.81. The smallest absolute Gasteiger partial charge is 0.187 e. The van der Waals surface area contributed by atoms with Crippen LogP contribution in [-0.4, -0.2) is 156 Å². The van der Waals surface area contributed by atoms with Crippen LogP contribution in [0, 0.1) is 0 Å². The number of aliphatic hydroxyl groups is 7. The number of rotatable bonds is 8. The second-order valence-electron chi connectivity index (χ2n) is 8.66. The van der Waals surface area contributed by atoms with E-state index in [1.165, 1.54) is 21.1 Å². The van der Waals surface area contributed by atoms with Crippen LogP contribution in [0.3, 0.4) is 0 Å². The summed E-state index contributed by atoms with van der Waals surface area (Å²) in [7, 11) is 2.58. The van der Waals surface area contributed by atoms with E-state index in [0.29, 0.717) is 0 Å². The Balaban J connectivity index is 1.68. The summed E-state index contributed by atoms with van der Waals surface area (Å²) in [6.07, 6.45) is -17.0. The summed E-state index contributed by atoms with van der Waals surface area (Å²) >= 11 is 0. The van der Waals surface area contributed by atoms with Crippen molar-refractivity contribution in [3.63, 3.8) is 0 Å². The highest BCUT2D eigenvalue weighted by atomic mass is 16.7. The molecule has 0 aromatic rings. The van der Waals surface area contributed by atoms with Gasteiger partial charge >= 0.3 is 0 Å². The van der Waals surface area contributed by atoms with E-state index in [4.69, 9.17) is 33.2 Å². The largest absolute Gasteiger partial charge is 0.394 e. The second kappa shape index (κ2) is 12.1. The molecule has 0 radical (unpaired) electrons. The first kappa shape index (κ1) is 28.0. The molecule has 3 fully saturated rings. The standard InChI is InChI=1S/C20H36O14/c1-7-11(23)18(12(24)9(4-21)32-7)34-20-15(27)17(29-3)13(25)10(33-20)6-31-19-14(26)16(28-2)8(22)5-30-19/h7-27H,4-6H2,1-3H3/t7-,8+,9+,10-,11+,12-,13-,14+,15-,16-,17+,18+,19-,20+/m0/s1. The van der Waals surface area contributed by atoms with E-state index in [-0.39, 0.29) is 13.2 Å². The Kier molecular flexibility index (Phi) is 9.99. The van der Waals surface area contributed by atoms with Crippen LogP contribution < -0.4 is 0 Å². The number of ether oxygens (including phenoxy) is 7. The topological polar surface area (TPSA) is 206 Å². The molecular weight excluding hydrogens is 464 g/mol. The fraction of sp³-hybridized carbons (Fsp3) is 1.00. The maximum absolute atomic E-state index is 10.6. The molecule has 0 bridgehead atoms. The highest BCUT2D eigenvalue weighted by molar-refractivity contribution is 4.95. The molecule has 14 heteroatoms. The molecule has 3 aliphatic heterocycles. The molecule has 14 nitrogen and oxygen atoms in total. The zero-order valence-corrected chi connectivity index (χ0v) is 19.2. The lowest BCUT2D eigenvalue weighted by molar-refractivity contribution is -0.350. The number of aliphatic hydroxyl groups excluding tert-OH is 7. The van der Waals surface area contributed by atoms with E-state index >= 15 is 0 Å². The van der Waals surface area contributed by atoms with Crippen LogP contribution >= 0.6 is 0 Å². The Morgan fingerprint density at radius 2 is 1.35 bits per heavy atom. The molecule has 0 spiro atoms. The molecule has 0 unspecified atom stereocenters. The number of hydrogen-bond donors (Lipinski definition) is 7. The van der Waals surface area contributed by atoms with Crippen molar-refractivity contribution in [1.29, 1.82) is 0 Å². The van der Waals surface area contributed by atoms with Gasteiger partial charge in [0, 0.05) is 14.2 Å². The van der Waals surface area contributed by atoms with Gasteiger partial charge in [-0.15, -0.1) is 0 Å². The fourth-order valence-electron chi connectivity index (χ4n) is 4.42. The van der Waals surface area contributed by atoms with Crippen molar-refractivity contribution in [1.82, 2.24) is 0 Å². The van der Waals surface area contributed by atoms with E-state index in [1.54, 1.807) is 0 Å². The summed E-state index contributed by atoms with van der Waals surface area (Å²) in [6, 6.07) is 0. The van der Waals surface area contributed by atoms with E-state index < -0.39 is 92.4 Å². The number of methoxy groups -OCH3 is 2. The molecule has 0 saturated carbocycles. The third kappa shape index (κ3) is 5.71. The third-order valence-corrected chi connectivity index (χ3v) is 6.43. The van der Waals surface area contributed by atoms with E-state index in [1.807, 2.05) is 0 Å². The van der Waals surface area contributed by atoms with Crippen LogP contribution in [0.25, 0.3) is 0 Å². The predicted octanol–water partition coefficient (Wildman–Crippen LogP) is -4.56. The lowest BCUT2D eigenvalue weighted by atomic mass is 9.94. The molecule has 0 aliphatic carbocycles. The van der Waals surface area contributed by atoms with Crippen molar-refractivity contribution < 1.29 is 68.9 Å². The molecule has 3 heterocycles. The van der Waals surface area contributed by atoms with E-state index in [0.717, 1.165) is 0 Å². The maximum Gasteiger partial charge on any atom is 0.187 e. The van der Waals surface area contributed by atoms with Gasteiger partial charge in [-0.2, -0.15) is 0 Å². The quantitative estimate of drug-likeness (QED) is 0.168. The van der Waals surface area contributed by atoms with Crippen molar-refractivity contribution in [2.24, 2.45) is 0 Å². The van der Waals surface area contributed by atoms with Crippen molar-refractivity contribution in [2.75, 3.05) is 34.0 Å². The highest BCUT2D eigenvalue weighted by Gasteiger charge is 2.51. The van der Waals surface area contributed by atoms with Crippen LogP contribution in [0.2, 0.25) is 0 Å². The molecule has 0 aromatic heterocycles. The van der Waals surface area contributed by atoms with Gasteiger partial charge in [0.2, 0.25) is 0 Å². The second-order valence-corrected chi connectivity index (χ2v) is 8.66. The Morgan fingerprint density at radius 1 is 0.735 bits per heavy atom. The molecule has 3 saturated heterocycles. The summed E-state index contributed by atoms with van der Waals surface area (Å²) in [4.78, 5) is 0. The molecule has 200 valence electrons. The van der Waals surface area contributed by atoms with Crippen molar-refractivity contribution >= 4 is 0 Å². The highest BCUT2D eigenvalue weighted by Crippen LogP contribution is 2.30. The first-order valence-corrected chi connectivity index (χ1v) is 11.1. The van der Waals surface area contributed by atoms with Gasteiger partial charge < -0.3 is 68.9 Å². The van der Waals surface area contributed by atoms with Crippen molar-refractivity contribution in [3.8, 4) is 0 Å². The molecule has 7 N–H and O–H groups in total. The van der Waals surface area contributed by atoms with Gasteiger partial charge in [0.15, 0.2) is 12.6 Å². The molecule has 34 heavy (non-hydrogen) atoms. The molecule has 0 amide bonds. The van der Waals surface area contributed by atoms with Gasteiger partial charge in [0.25, 0.3) is 0 Å². The van der Waals surface area contributed by atoms with Crippen LogP contribution in [0.15, 0.2) is 0 Å². The monoisotopic (exact) mass is 500 g/mol. The van der Waals surface area contributed by atoms with Crippen LogP contribution in [0.5, 0.6) is 0 Å². The van der Waals surface area contributed by atoms with Crippen molar-refractivity contribution in [3.05, 3.63) is 0 Å². The van der Waals surface area contributed by atoms with Gasteiger partial charge in [-0.3, -0.25) is 0 Å². The summed E-state index contributed by atoms with van der Waals surface area (Å²) < 4.78 is 37.8. The van der Waals surface area contributed by atoms with Crippen LogP contribution in [-0.2, 0) is 33.2 Å². The Labute approximate surface area is 196 Å². The predicted molar refractivity (Wildman–Crippen MR) is 108 cm³/mol. The zero-order valence-electron chi connectivity index (χ0n) is 19.2. The molecular formula is C20H36O14. The van der Waals surface area contributed by atoms with Crippen molar-refractivity contribution in [2.45, 2.75) is 92.8 Å². The lowest BCUT2D eigenvalue weighted by Crippen LogP contribution is -2.64. The minimum atomic E-state index is -1.51. The molecule has 3 aliphatic rings. The summed E-state index contributed by atoms with van der Waals surface area (Å²) in [6.45, 7) is 0.522. The normalized spacial score (nSPS) is 50.3. The lowest BCUT2D eigenvalue weighted by Gasteiger charge is -2.46. The average molecular weight is 500 g/mol. The minimum absolute atomic E-state index is 0.150. The SMILES string of the molecule is CO[C@H]1[C@H](O)[C@@H](O[C@H]2[C@@H](O)[C@@H](CO)O[C@@H](C)[C@H]2O)O[C@@H](CO[C@@H]2OC[C@@H](O)[C@H](OC)[C@H]2O)[C@@H]1O. The van der Waals surface area contributed by atoms with Gasteiger partial charge in [-0.05, 0) is 6.92 Å². The van der Waals surface area contributed by atoms with E-state index in [2.05, 4.69) is 0 Å². The third-order valence-electron chi connectivity index (χ3n) is 6.43. The maximum atomic E-state index is 10.6. The molecule has 0 aromatic carbocycles. The summed E-state index contributed by atoms with van der Waals surface area (Å²) in [5, 5.41) is 71.8. The van der Waals surface area contributed by atoms with Gasteiger partial charge in [-0.25, -0.2) is 0 Å². The van der Waals surface area contributed by atoms with Crippen LogP contribution in [0.4, 0.5) is 0 Å². The van der Waals surface area contributed by atoms with Gasteiger partial charge in [-0.1, -0.05) is 0 Å². The molecule has 3 rings (SSSR count). The van der Waals surface area contributed by atoms with Crippen LogP contribution in [0.1, 0.15) is 6.92 Å². The van der Waals surface area contributed by atoms with Gasteiger partial charge in [0.1, 0.15) is 67.1 Å². The van der Waals surface area contributed by atoms with Gasteiger partial charge in [0.05, 0.1) is 25.9 Å². The first-order chi connectivity index (χ1) is 16.1. The Morgan fingerprint density at radius 3 is 1.97 bits per heavy atom. The number of hydrogen-bond acceptors (Lipinski definition) is 14. The minimum Gasteiger partial charge on any atom is -0.394 e.